The number of nitrogens with zero attached hydrogens (tertiary/aromatic N) is 2. The number of imide groups is 1. The highest BCUT2D eigenvalue weighted by Gasteiger charge is 2.36. The van der Waals surface area contributed by atoms with E-state index < -0.39 is 16.1 Å². The van der Waals surface area contributed by atoms with Crippen LogP contribution >= 0.6 is 35.0 Å². The number of rotatable bonds is 7. The largest absolute Gasteiger partial charge is 0.487 e. The first-order valence-electron chi connectivity index (χ1n) is 9.97. The number of carbonyl (C=O) groups excluding carboxylic acids is 2. The molecule has 2 amide bonds. The predicted molar refractivity (Wildman–Crippen MR) is 132 cm³/mol. The molecule has 0 N–H and O–H groups in total. The van der Waals surface area contributed by atoms with E-state index in [-0.39, 0.29) is 34.3 Å². The molecule has 0 bridgehead atoms. The van der Waals surface area contributed by atoms with Crippen molar-refractivity contribution in [2.45, 2.75) is 13.2 Å². The molecule has 3 aromatic carbocycles. The number of para-hydroxylation sites is 1. The quantitative estimate of drug-likeness (QED) is 0.197. The zero-order chi connectivity index (χ0) is 24.2. The number of hydrogen-bond acceptors (Lipinski definition) is 6. The minimum atomic E-state index is -0.571. The third-order valence-electron chi connectivity index (χ3n) is 4.94. The van der Waals surface area contributed by atoms with E-state index in [0.29, 0.717) is 16.3 Å². The lowest BCUT2D eigenvalue weighted by Gasteiger charge is -2.13. The van der Waals surface area contributed by atoms with Gasteiger partial charge in [0.1, 0.15) is 12.4 Å². The second-order valence-corrected chi connectivity index (χ2v) is 9.07. The highest BCUT2D eigenvalue weighted by atomic mass is 35.5. The van der Waals surface area contributed by atoms with Crippen LogP contribution in [0.1, 0.15) is 16.7 Å². The lowest BCUT2D eigenvalue weighted by molar-refractivity contribution is -0.385. The molecule has 0 radical (unpaired) electrons. The van der Waals surface area contributed by atoms with Crippen molar-refractivity contribution >= 4 is 57.9 Å². The molecule has 4 rings (SSSR count). The third kappa shape index (κ3) is 5.25. The van der Waals surface area contributed by atoms with Gasteiger partial charge in [0.15, 0.2) is 0 Å². The summed E-state index contributed by atoms with van der Waals surface area (Å²) in [6.45, 7) is 0.0228. The van der Waals surface area contributed by atoms with Crippen molar-refractivity contribution in [1.29, 1.82) is 0 Å². The molecule has 1 heterocycles. The predicted octanol–water partition coefficient (Wildman–Crippen LogP) is 6.72. The lowest BCUT2D eigenvalue weighted by atomic mass is 10.1. The number of hydrogen-bond donors (Lipinski definition) is 0. The first-order valence-corrected chi connectivity index (χ1v) is 11.5. The van der Waals surface area contributed by atoms with E-state index >= 15 is 0 Å². The van der Waals surface area contributed by atoms with Gasteiger partial charge in [-0.05, 0) is 35.5 Å². The Morgan fingerprint density at radius 3 is 2.47 bits per heavy atom. The fourth-order valence-electron chi connectivity index (χ4n) is 3.34. The molecular formula is C24H16Cl2N2O5S. The zero-order valence-corrected chi connectivity index (χ0v) is 19.8. The van der Waals surface area contributed by atoms with Crippen LogP contribution in [-0.2, 0) is 17.9 Å². The molecule has 1 aliphatic rings. The Hall–Kier alpha value is -3.33. The molecule has 0 aliphatic carbocycles. The summed E-state index contributed by atoms with van der Waals surface area (Å²) >= 11 is 13.3. The minimum absolute atomic E-state index is 0.131. The number of amides is 2. The van der Waals surface area contributed by atoms with Crippen LogP contribution in [0.25, 0.3) is 6.08 Å². The van der Waals surface area contributed by atoms with Crippen LogP contribution in [0.2, 0.25) is 10.0 Å². The van der Waals surface area contributed by atoms with Crippen molar-refractivity contribution in [1.82, 2.24) is 4.90 Å². The van der Waals surface area contributed by atoms with Crippen LogP contribution in [0, 0.1) is 10.1 Å². The van der Waals surface area contributed by atoms with Gasteiger partial charge in [0, 0.05) is 22.2 Å². The maximum absolute atomic E-state index is 13.0. The van der Waals surface area contributed by atoms with Crippen LogP contribution in [0.15, 0.2) is 71.6 Å². The lowest BCUT2D eigenvalue weighted by Crippen LogP contribution is -2.27. The number of carbonyl (C=O) groups is 2. The molecule has 1 aliphatic heterocycles. The van der Waals surface area contributed by atoms with Gasteiger partial charge in [0.05, 0.1) is 21.4 Å². The Morgan fingerprint density at radius 1 is 1.03 bits per heavy atom. The van der Waals surface area contributed by atoms with Crippen LogP contribution in [0.4, 0.5) is 10.5 Å². The van der Waals surface area contributed by atoms with E-state index in [2.05, 4.69) is 0 Å². The Bertz CT molecular complexity index is 1310. The maximum atomic E-state index is 13.0. The highest BCUT2D eigenvalue weighted by molar-refractivity contribution is 8.18. The average molecular weight is 515 g/mol. The molecule has 3 aromatic rings. The molecule has 0 aromatic heterocycles. The summed E-state index contributed by atoms with van der Waals surface area (Å²) < 4.78 is 5.92. The van der Waals surface area contributed by atoms with Gasteiger partial charge in [-0.3, -0.25) is 24.6 Å². The molecule has 1 saturated heterocycles. The Labute approximate surface area is 209 Å². The number of nitro benzene ring substituents is 1. The van der Waals surface area contributed by atoms with E-state index in [1.165, 1.54) is 30.3 Å². The first kappa shape index (κ1) is 23.8. The van der Waals surface area contributed by atoms with Gasteiger partial charge in [-0.1, -0.05) is 71.7 Å². The van der Waals surface area contributed by atoms with Crippen molar-refractivity contribution in [2.24, 2.45) is 0 Å². The Kier molecular flexibility index (Phi) is 7.21. The zero-order valence-electron chi connectivity index (χ0n) is 17.4. The summed E-state index contributed by atoms with van der Waals surface area (Å²) in [7, 11) is 0. The number of halogens is 2. The molecule has 0 saturated carbocycles. The summed E-state index contributed by atoms with van der Waals surface area (Å²) in [5.74, 6) is -0.251. The summed E-state index contributed by atoms with van der Waals surface area (Å²) in [5, 5.41) is 11.4. The molecule has 172 valence electrons. The smallest absolute Gasteiger partial charge is 0.293 e. The van der Waals surface area contributed by atoms with Gasteiger partial charge < -0.3 is 4.74 Å². The van der Waals surface area contributed by atoms with Crippen molar-refractivity contribution < 1.29 is 19.2 Å². The SMILES string of the molecule is O=C1S/C(=C\c2cc(Cl)cc(Cl)c2OCc2ccccc2)C(=O)N1Cc1ccccc1[N+](=O)[O-]. The van der Waals surface area contributed by atoms with Crippen LogP contribution in [0.5, 0.6) is 5.75 Å². The van der Waals surface area contributed by atoms with E-state index in [1.807, 2.05) is 30.3 Å². The Morgan fingerprint density at radius 2 is 1.74 bits per heavy atom. The summed E-state index contributed by atoms with van der Waals surface area (Å²) in [4.78, 5) is 37.4. The van der Waals surface area contributed by atoms with Gasteiger partial charge in [0.25, 0.3) is 16.8 Å². The third-order valence-corrected chi connectivity index (χ3v) is 6.35. The number of nitro groups is 1. The van der Waals surface area contributed by atoms with Crippen LogP contribution in [-0.4, -0.2) is 21.0 Å². The minimum Gasteiger partial charge on any atom is -0.487 e. The Balaban J connectivity index is 1.61. The number of benzene rings is 3. The topological polar surface area (TPSA) is 89.8 Å². The summed E-state index contributed by atoms with van der Waals surface area (Å²) in [5.41, 5.74) is 1.45. The summed E-state index contributed by atoms with van der Waals surface area (Å²) in [6.07, 6.45) is 1.49. The second-order valence-electron chi connectivity index (χ2n) is 7.23. The van der Waals surface area contributed by atoms with E-state index in [1.54, 1.807) is 12.1 Å². The molecule has 34 heavy (non-hydrogen) atoms. The molecule has 0 atom stereocenters. The first-order chi connectivity index (χ1) is 16.3. The number of thioether (sulfide) groups is 1. The van der Waals surface area contributed by atoms with Gasteiger partial charge in [0.2, 0.25) is 0 Å². The van der Waals surface area contributed by atoms with Crippen molar-refractivity contribution in [3.63, 3.8) is 0 Å². The normalized spacial score (nSPS) is 14.6. The molecule has 1 fully saturated rings. The van der Waals surface area contributed by atoms with Crippen LogP contribution in [0.3, 0.4) is 0 Å². The highest BCUT2D eigenvalue weighted by Crippen LogP contribution is 2.39. The van der Waals surface area contributed by atoms with Crippen molar-refractivity contribution in [3.8, 4) is 5.75 Å². The maximum Gasteiger partial charge on any atom is 0.293 e. The fraction of sp³-hybridized carbons (Fsp3) is 0.0833. The molecule has 10 heteroatoms. The van der Waals surface area contributed by atoms with Crippen molar-refractivity contribution in [3.05, 3.63) is 108 Å². The number of ether oxygens (including phenoxy) is 1. The monoisotopic (exact) mass is 514 g/mol. The van der Waals surface area contributed by atoms with E-state index in [4.69, 9.17) is 27.9 Å². The van der Waals surface area contributed by atoms with Crippen molar-refractivity contribution in [2.75, 3.05) is 0 Å². The van der Waals surface area contributed by atoms with E-state index in [9.17, 15) is 19.7 Å². The van der Waals surface area contributed by atoms with Gasteiger partial charge in [-0.25, -0.2) is 0 Å². The molecule has 0 spiro atoms. The standard InChI is InChI=1S/C24H16Cl2N2O5S/c25-18-10-17(22(19(26)12-18)33-14-15-6-2-1-3-7-15)11-21-23(29)27(24(30)34-21)13-16-8-4-5-9-20(16)28(31)32/h1-12H,13-14H2/b21-11-. The van der Waals surface area contributed by atoms with Crippen LogP contribution < -0.4 is 4.74 Å². The van der Waals surface area contributed by atoms with Gasteiger partial charge >= 0.3 is 0 Å². The van der Waals surface area contributed by atoms with Gasteiger partial charge in [-0.2, -0.15) is 0 Å². The second kappa shape index (κ2) is 10.3. The molecular weight excluding hydrogens is 499 g/mol. The average Bonchev–Trinajstić information content (AvgIpc) is 3.06. The fourth-order valence-corrected chi connectivity index (χ4v) is 4.73. The van der Waals surface area contributed by atoms with E-state index in [0.717, 1.165) is 22.2 Å². The molecule has 0 unspecified atom stereocenters. The molecule has 7 nitrogen and oxygen atoms in total. The summed E-state index contributed by atoms with van der Waals surface area (Å²) in [6, 6.07) is 18.6. The van der Waals surface area contributed by atoms with Gasteiger partial charge in [-0.15, -0.1) is 0 Å².